The topological polar surface area (TPSA) is 22.1 Å². The summed E-state index contributed by atoms with van der Waals surface area (Å²) in [5.41, 5.74) is -0.596. The van der Waals surface area contributed by atoms with E-state index in [4.69, 9.17) is 4.74 Å². The Kier molecular flexibility index (Phi) is 2.36. The predicted molar refractivity (Wildman–Crippen MR) is 52.3 cm³/mol. The van der Waals surface area contributed by atoms with Gasteiger partial charge in [0.1, 0.15) is 11.3 Å². The van der Waals surface area contributed by atoms with E-state index in [0.717, 1.165) is 18.1 Å². The lowest BCUT2D eigenvalue weighted by Gasteiger charge is -2.31. The summed E-state index contributed by atoms with van der Waals surface area (Å²) in [6.07, 6.45) is -2.93. The maximum atomic E-state index is 12.4. The first kappa shape index (κ1) is 11.2. The van der Waals surface area contributed by atoms with Crippen LogP contribution >= 0.6 is 0 Å². The van der Waals surface area contributed by atoms with Crippen LogP contribution in [0.3, 0.4) is 0 Å². The normalized spacial score (nSPS) is 18.8. The minimum atomic E-state index is -4.42. The van der Waals surface area contributed by atoms with Crippen LogP contribution in [0.2, 0.25) is 0 Å². The van der Waals surface area contributed by atoms with E-state index >= 15 is 0 Å². The maximum Gasteiger partial charge on any atom is 0.433 e. The molecular formula is C11H12F3NO. The number of pyridine rings is 1. The van der Waals surface area contributed by atoms with Gasteiger partial charge in [0.15, 0.2) is 0 Å². The van der Waals surface area contributed by atoms with Crippen molar-refractivity contribution in [1.82, 2.24) is 4.98 Å². The number of hydrogen-bond donors (Lipinski definition) is 0. The van der Waals surface area contributed by atoms with Crippen molar-refractivity contribution in [3.05, 3.63) is 23.4 Å². The van der Waals surface area contributed by atoms with Gasteiger partial charge >= 0.3 is 6.18 Å². The van der Waals surface area contributed by atoms with Crippen LogP contribution in [-0.2, 0) is 12.6 Å². The molecule has 0 spiro atoms. The van der Waals surface area contributed by atoms with Gasteiger partial charge in [-0.3, -0.25) is 0 Å². The molecule has 1 aromatic rings. The van der Waals surface area contributed by atoms with Crippen LogP contribution in [0.5, 0.6) is 5.88 Å². The molecule has 2 nitrogen and oxygen atoms in total. The Morgan fingerprint density at radius 2 is 2.00 bits per heavy atom. The van der Waals surface area contributed by atoms with Crippen LogP contribution < -0.4 is 4.74 Å². The second-order valence-electron chi connectivity index (χ2n) is 4.52. The number of alkyl halides is 3. The molecule has 2 rings (SSSR count). The Labute approximate surface area is 91.4 Å². The average molecular weight is 231 g/mol. The van der Waals surface area contributed by atoms with Gasteiger partial charge in [-0.05, 0) is 32.8 Å². The Bertz CT molecular complexity index is 412. The monoisotopic (exact) mass is 231 g/mol. The van der Waals surface area contributed by atoms with E-state index in [9.17, 15) is 13.2 Å². The smallest absolute Gasteiger partial charge is 0.433 e. The Morgan fingerprint density at radius 1 is 1.31 bits per heavy atom. The van der Waals surface area contributed by atoms with Crippen molar-refractivity contribution in [3.63, 3.8) is 0 Å². The van der Waals surface area contributed by atoms with Gasteiger partial charge in [-0.1, -0.05) is 6.07 Å². The molecule has 0 unspecified atom stereocenters. The summed E-state index contributed by atoms with van der Waals surface area (Å²) in [6.45, 7) is 3.69. The van der Waals surface area contributed by atoms with Crippen LogP contribution in [0, 0.1) is 0 Å². The molecule has 0 atom stereocenters. The molecule has 5 heteroatoms. The molecule has 0 aromatic carbocycles. The van der Waals surface area contributed by atoms with Crippen LogP contribution in [0.25, 0.3) is 0 Å². The Balaban J connectivity index is 2.39. The Hall–Kier alpha value is -1.26. The van der Waals surface area contributed by atoms with Crippen LogP contribution in [0.15, 0.2) is 12.1 Å². The Morgan fingerprint density at radius 3 is 2.62 bits per heavy atom. The molecule has 0 radical (unpaired) electrons. The number of rotatable bonds is 0. The van der Waals surface area contributed by atoms with E-state index in [1.807, 2.05) is 13.8 Å². The van der Waals surface area contributed by atoms with E-state index in [2.05, 4.69) is 4.98 Å². The van der Waals surface area contributed by atoms with Gasteiger partial charge in [0.25, 0.3) is 0 Å². The highest BCUT2D eigenvalue weighted by Crippen LogP contribution is 2.35. The number of nitrogens with zero attached hydrogens (tertiary/aromatic N) is 1. The highest BCUT2D eigenvalue weighted by molar-refractivity contribution is 5.31. The second-order valence-corrected chi connectivity index (χ2v) is 4.52. The molecule has 0 amide bonds. The van der Waals surface area contributed by atoms with E-state index < -0.39 is 17.5 Å². The number of fused-ring (bicyclic) bond motifs is 1. The summed E-state index contributed by atoms with van der Waals surface area (Å²) in [5, 5.41) is 0. The van der Waals surface area contributed by atoms with Crippen molar-refractivity contribution < 1.29 is 17.9 Å². The van der Waals surface area contributed by atoms with Crippen molar-refractivity contribution in [2.75, 3.05) is 0 Å². The molecule has 1 aromatic heterocycles. The van der Waals surface area contributed by atoms with Crippen molar-refractivity contribution in [2.24, 2.45) is 0 Å². The lowest BCUT2D eigenvalue weighted by molar-refractivity contribution is -0.141. The number of hydrogen-bond acceptors (Lipinski definition) is 2. The van der Waals surface area contributed by atoms with Gasteiger partial charge < -0.3 is 4.74 Å². The third-order valence-corrected chi connectivity index (χ3v) is 2.60. The van der Waals surface area contributed by atoms with Crippen LogP contribution in [0.4, 0.5) is 13.2 Å². The van der Waals surface area contributed by atoms with E-state index in [-0.39, 0.29) is 5.88 Å². The molecule has 0 bridgehead atoms. The lowest BCUT2D eigenvalue weighted by atomic mass is 9.96. The van der Waals surface area contributed by atoms with Crippen molar-refractivity contribution in [3.8, 4) is 5.88 Å². The first-order valence-electron chi connectivity index (χ1n) is 5.04. The zero-order valence-corrected chi connectivity index (χ0v) is 9.06. The minimum absolute atomic E-state index is 0.117. The first-order valence-corrected chi connectivity index (χ1v) is 5.04. The molecule has 0 fully saturated rings. The highest BCUT2D eigenvalue weighted by atomic mass is 19.4. The minimum Gasteiger partial charge on any atom is -0.471 e. The predicted octanol–water partition coefficient (Wildman–Crippen LogP) is 3.20. The summed E-state index contributed by atoms with van der Waals surface area (Å²) in [5.74, 6) is 0.117. The van der Waals surface area contributed by atoms with Crippen LogP contribution in [-0.4, -0.2) is 10.6 Å². The summed E-state index contributed by atoms with van der Waals surface area (Å²) in [7, 11) is 0. The second kappa shape index (κ2) is 3.37. The lowest BCUT2D eigenvalue weighted by Crippen LogP contribution is -2.33. The van der Waals surface area contributed by atoms with Gasteiger partial charge in [-0.15, -0.1) is 0 Å². The molecule has 0 aliphatic carbocycles. The number of halogens is 3. The van der Waals surface area contributed by atoms with Crippen LogP contribution in [0.1, 0.15) is 31.5 Å². The SMILES string of the molecule is CC1(C)CCc2ccc(C(F)(F)F)nc2O1. The largest absolute Gasteiger partial charge is 0.471 e. The maximum absolute atomic E-state index is 12.4. The zero-order chi connectivity index (χ0) is 12.0. The van der Waals surface area contributed by atoms with Gasteiger partial charge in [0, 0.05) is 5.56 Å². The third-order valence-electron chi connectivity index (χ3n) is 2.60. The van der Waals surface area contributed by atoms with Crippen molar-refractivity contribution >= 4 is 0 Å². The molecule has 0 N–H and O–H groups in total. The molecular weight excluding hydrogens is 219 g/mol. The highest BCUT2D eigenvalue weighted by Gasteiger charge is 2.35. The quantitative estimate of drug-likeness (QED) is 0.684. The zero-order valence-electron chi connectivity index (χ0n) is 9.06. The molecule has 2 heterocycles. The van der Waals surface area contributed by atoms with Gasteiger partial charge in [0.05, 0.1) is 0 Å². The fourth-order valence-corrected chi connectivity index (χ4v) is 1.65. The molecule has 1 aliphatic heterocycles. The molecule has 16 heavy (non-hydrogen) atoms. The molecule has 0 saturated carbocycles. The fourth-order valence-electron chi connectivity index (χ4n) is 1.65. The number of aryl methyl sites for hydroxylation is 1. The molecule has 1 aliphatic rings. The van der Waals surface area contributed by atoms with E-state index in [0.29, 0.717) is 6.42 Å². The van der Waals surface area contributed by atoms with Crippen molar-refractivity contribution in [1.29, 1.82) is 0 Å². The fraction of sp³-hybridized carbons (Fsp3) is 0.545. The van der Waals surface area contributed by atoms with E-state index in [1.54, 1.807) is 0 Å². The first-order chi connectivity index (χ1) is 7.28. The average Bonchev–Trinajstić information content (AvgIpc) is 2.13. The van der Waals surface area contributed by atoms with Gasteiger partial charge in [-0.25, -0.2) is 4.98 Å². The molecule has 88 valence electrons. The summed E-state index contributed by atoms with van der Waals surface area (Å²) < 4.78 is 42.7. The number of aromatic nitrogens is 1. The summed E-state index contributed by atoms with van der Waals surface area (Å²) >= 11 is 0. The number of ether oxygens (including phenoxy) is 1. The standard InChI is InChI=1S/C11H12F3NO/c1-10(2)6-5-7-3-4-8(11(12,13)14)15-9(7)16-10/h3-4H,5-6H2,1-2H3. The van der Waals surface area contributed by atoms with Gasteiger partial charge in [-0.2, -0.15) is 13.2 Å². The van der Waals surface area contributed by atoms with Crippen molar-refractivity contribution in [2.45, 2.75) is 38.5 Å². The summed E-state index contributed by atoms with van der Waals surface area (Å²) in [6, 6.07) is 2.45. The summed E-state index contributed by atoms with van der Waals surface area (Å²) in [4.78, 5) is 3.53. The van der Waals surface area contributed by atoms with E-state index in [1.165, 1.54) is 6.07 Å². The third kappa shape index (κ3) is 2.13. The van der Waals surface area contributed by atoms with Gasteiger partial charge in [0.2, 0.25) is 5.88 Å². The molecule has 0 saturated heterocycles.